The number of hydrogen-bond donors (Lipinski definition) is 1. The first-order chi connectivity index (χ1) is 10.0. The fourth-order valence-electron chi connectivity index (χ4n) is 2.06. The quantitative estimate of drug-likeness (QED) is 0.816. The lowest BCUT2D eigenvalue weighted by atomic mass is 10.0. The summed E-state index contributed by atoms with van der Waals surface area (Å²) in [5.41, 5.74) is 1.74. The topological polar surface area (TPSA) is 46.5 Å². The van der Waals surface area contributed by atoms with Crippen molar-refractivity contribution in [3.8, 4) is 11.5 Å². The average molecular weight is 284 g/mol. The first kappa shape index (κ1) is 15.1. The Morgan fingerprint density at radius 1 is 1.05 bits per heavy atom. The highest BCUT2D eigenvalue weighted by Gasteiger charge is 2.07. The van der Waals surface area contributed by atoms with Gasteiger partial charge in [-0.1, -0.05) is 12.1 Å². The van der Waals surface area contributed by atoms with Gasteiger partial charge in [-0.05, 0) is 62.2 Å². The molecule has 0 radical (unpaired) electrons. The summed E-state index contributed by atoms with van der Waals surface area (Å²) in [5.74, 6) is 1.13. The van der Waals surface area contributed by atoms with Crippen LogP contribution in [0.4, 0.5) is 0 Å². The predicted octanol–water partition coefficient (Wildman–Crippen LogP) is 3.99. The van der Waals surface area contributed by atoms with Crippen molar-refractivity contribution in [2.24, 2.45) is 0 Å². The molecule has 0 saturated carbocycles. The Balaban J connectivity index is 1.92. The van der Waals surface area contributed by atoms with Crippen LogP contribution in [0.1, 0.15) is 36.2 Å². The first-order valence-corrected chi connectivity index (χ1v) is 7.12. The Morgan fingerprint density at radius 2 is 1.67 bits per heavy atom. The number of phenols is 1. The van der Waals surface area contributed by atoms with Gasteiger partial charge < -0.3 is 9.84 Å². The van der Waals surface area contributed by atoms with Crippen LogP contribution >= 0.6 is 0 Å². The molecule has 0 saturated heterocycles. The highest BCUT2D eigenvalue weighted by atomic mass is 16.5. The van der Waals surface area contributed by atoms with Gasteiger partial charge in [-0.3, -0.25) is 4.79 Å². The number of hydrogen-bond acceptors (Lipinski definition) is 3. The number of aryl methyl sites for hydroxylation is 1. The number of rotatable bonds is 6. The predicted molar refractivity (Wildman–Crippen MR) is 83.0 cm³/mol. The van der Waals surface area contributed by atoms with E-state index in [1.54, 1.807) is 24.3 Å². The number of ketones is 1. The van der Waals surface area contributed by atoms with E-state index in [2.05, 4.69) is 0 Å². The highest BCUT2D eigenvalue weighted by Crippen LogP contribution is 2.16. The maximum Gasteiger partial charge on any atom is 0.163 e. The SMILES string of the molecule is CC(C)Oc1ccc(C(=O)CCc2ccc(O)cc2)cc1. The van der Waals surface area contributed by atoms with E-state index in [1.807, 2.05) is 38.1 Å². The number of aromatic hydroxyl groups is 1. The van der Waals surface area contributed by atoms with Crippen molar-refractivity contribution in [3.63, 3.8) is 0 Å². The molecule has 2 aromatic carbocycles. The molecule has 0 aliphatic rings. The largest absolute Gasteiger partial charge is 0.508 e. The van der Waals surface area contributed by atoms with Crippen molar-refractivity contribution in [3.05, 3.63) is 59.7 Å². The molecule has 2 aromatic rings. The fraction of sp³-hybridized carbons (Fsp3) is 0.278. The van der Waals surface area contributed by atoms with E-state index in [9.17, 15) is 9.90 Å². The standard InChI is InChI=1S/C18H20O3/c1-13(2)21-17-10-6-15(7-11-17)18(20)12-5-14-3-8-16(19)9-4-14/h3-4,6-11,13,19H,5,12H2,1-2H3. The second-order valence-corrected chi connectivity index (χ2v) is 5.28. The average Bonchev–Trinajstić information content (AvgIpc) is 2.46. The second kappa shape index (κ2) is 6.93. The molecular formula is C18H20O3. The lowest BCUT2D eigenvalue weighted by Gasteiger charge is -2.09. The molecule has 0 atom stereocenters. The van der Waals surface area contributed by atoms with Crippen LogP contribution in [-0.4, -0.2) is 17.0 Å². The van der Waals surface area contributed by atoms with E-state index in [0.29, 0.717) is 18.4 Å². The lowest BCUT2D eigenvalue weighted by molar-refractivity contribution is 0.0983. The lowest BCUT2D eigenvalue weighted by Crippen LogP contribution is -2.06. The van der Waals surface area contributed by atoms with Crippen LogP contribution in [-0.2, 0) is 6.42 Å². The van der Waals surface area contributed by atoms with Gasteiger partial charge in [-0.15, -0.1) is 0 Å². The van der Waals surface area contributed by atoms with Crippen molar-refractivity contribution < 1.29 is 14.6 Å². The molecule has 0 aromatic heterocycles. The highest BCUT2D eigenvalue weighted by molar-refractivity contribution is 5.96. The molecule has 0 spiro atoms. The van der Waals surface area contributed by atoms with Gasteiger partial charge >= 0.3 is 0 Å². The van der Waals surface area contributed by atoms with Gasteiger partial charge in [-0.2, -0.15) is 0 Å². The van der Waals surface area contributed by atoms with Gasteiger partial charge in [0, 0.05) is 12.0 Å². The maximum atomic E-state index is 12.1. The normalized spacial score (nSPS) is 10.6. The van der Waals surface area contributed by atoms with Crippen LogP contribution in [0, 0.1) is 0 Å². The number of ether oxygens (including phenoxy) is 1. The molecule has 110 valence electrons. The molecule has 3 nitrogen and oxygen atoms in total. The van der Waals surface area contributed by atoms with Crippen LogP contribution < -0.4 is 4.74 Å². The smallest absolute Gasteiger partial charge is 0.163 e. The van der Waals surface area contributed by atoms with E-state index in [0.717, 1.165) is 11.3 Å². The summed E-state index contributed by atoms with van der Waals surface area (Å²) in [6, 6.07) is 14.2. The number of carbonyl (C=O) groups excluding carboxylic acids is 1. The Morgan fingerprint density at radius 3 is 2.24 bits per heavy atom. The van der Waals surface area contributed by atoms with Gasteiger partial charge in [-0.25, -0.2) is 0 Å². The van der Waals surface area contributed by atoms with Gasteiger partial charge in [0.05, 0.1) is 6.10 Å². The van der Waals surface area contributed by atoms with Crippen molar-refractivity contribution in [1.29, 1.82) is 0 Å². The number of Topliss-reactive ketones (excluding diaryl/α,β-unsaturated/α-hetero) is 1. The van der Waals surface area contributed by atoms with Crippen molar-refractivity contribution in [1.82, 2.24) is 0 Å². The van der Waals surface area contributed by atoms with Crippen LogP contribution in [0.3, 0.4) is 0 Å². The molecule has 21 heavy (non-hydrogen) atoms. The minimum absolute atomic E-state index is 0.110. The summed E-state index contributed by atoms with van der Waals surface area (Å²) in [7, 11) is 0. The summed E-state index contributed by atoms with van der Waals surface area (Å²) in [5, 5.41) is 9.22. The molecule has 0 fully saturated rings. The Kier molecular flexibility index (Phi) is 4.99. The van der Waals surface area contributed by atoms with Crippen molar-refractivity contribution in [2.45, 2.75) is 32.8 Å². The summed E-state index contributed by atoms with van der Waals surface area (Å²) in [4.78, 5) is 12.1. The van der Waals surface area contributed by atoms with E-state index in [4.69, 9.17) is 4.74 Å². The second-order valence-electron chi connectivity index (χ2n) is 5.28. The van der Waals surface area contributed by atoms with Gasteiger partial charge in [0.25, 0.3) is 0 Å². The van der Waals surface area contributed by atoms with Crippen LogP contribution in [0.2, 0.25) is 0 Å². The monoisotopic (exact) mass is 284 g/mol. The summed E-state index contributed by atoms with van der Waals surface area (Å²) in [6.07, 6.45) is 1.25. The Bertz CT molecular complexity index is 583. The molecule has 0 unspecified atom stereocenters. The molecule has 1 N–H and O–H groups in total. The molecule has 0 aliphatic heterocycles. The van der Waals surface area contributed by atoms with E-state index in [-0.39, 0.29) is 17.6 Å². The number of benzene rings is 2. The number of phenolic OH excluding ortho intramolecular Hbond substituents is 1. The molecule has 3 heteroatoms. The van der Waals surface area contributed by atoms with Crippen LogP contribution in [0.5, 0.6) is 11.5 Å². The zero-order valence-corrected chi connectivity index (χ0v) is 12.4. The number of carbonyl (C=O) groups is 1. The zero-order valence-electron chi connectivity index (χ0n) is 12.4. The van der Waals surface area contributed by atoms with E-state index >= 15 is 0 Å². The van der Waals surface area contributed by atoms with Crippen molar-refractivity contribution in [2.75, 3.05) is 0 Å². The van der Waals surface area contributed by atoms with E-state index in [1.165, 1.54) is 0 Å². The molecular weight excluding hydrogens is 264 g/mol. The third kappa shape index (κ3) is 4.63. The van der Waals surface area contributed by atoms with Gasteiger partial charge in [0.2, 0.25) is 0 Å². The minimum atomic E-state index is 0.110. The van der Waals surface area contributed by atoms with Crippen molar-refractivity contribution >= 4 is 5.78 Å². The van der Waals surface area contributed by atoms with Crippen LogP contribution in [0.15, 0.2) is 48.5 Å². The summed E-state index contributed by atoms with van der Waals surface area (Å²) < 4.78 is 5.55. The first-order valence-electron chi connectivity index (χ1n) is 7.12. The molecule has 0 bridgehead atoms. The van der Waals surface area contributed by atoms with E-state index < -0.39 is 0 Å². The van der Waals surface area contributed by atoms with Gasteiger partial charge in [0.1, 0.15) is 11.5 Å². The molecule has 2 rings (SSSR count). The zero-order chi connectivity index (χ0) is 15.2. The maximum absolute atomic E-state index is 12.1. The third-order valence-corrected chi connectivity index (χ3v) is 3.13. The fourth-order valence-corrected chi connectivity index (χ4v) is 2.06. The molecule has 0 amide bonds. The molecule has 0 heterocycles. The Hall–Kier alpha value is -2.29. The summed E-state index contributed by atoms with van der Waals surface area (Å²) >= 11 is 0. The molecule has 0 aliphatic carbocycles. The minimum Gasteiger partial charge on any atom is -0.508 e. The van der Waals surface area contributed by atoms with Gasteiger partial charge in [0.15, 0.2) is 5.78 Å². The third-order valence-electron chi connectivity index (χ3n) is 3.13. The van der Waals surface area contributed by atoms with Crippen LogP contribution in [0.25, 0.3) is 0 Å². The Labute approximate surface area is 125 Å². The summed E-state index contributed by atoms with van der Waals surface area (Å²) in [6.45, 7) is 3.94.